The summed E-state index contributed by atoms with van der Waals surface area (Å²) in [6, 6.07) is 6.26. The van der Waals surface area contributed by atoms with Crippen molar-refractivity contribution in [2.24, 2.45) is 0 Å². The zero-order chi connectivity index (χ0) is 22.7. The molecule has 3 rings (SSSR count). The van der Waals surface area contributed by atoms with Gasteiger partial charge < -0.3 is 19.9 Å². The van der Waals surface area contributed by atoms with Crippen molar-refractivity contribution in [2.45, 2.75) is 13.2 Å². The minimum atomic E-state index is -0.851. The number of hydrogen-bond donors (Lipinski definition) is 2. The van der Waals surface area contributed by atoms with E-state index in [1.165, 1.54) is 12.1 Å². The van der Waals surface area contributed by atoms with E-state index in [0.29, 0.717) is 0 Å². The largest absolute Gasteiger partial charge is 0.465 e. The predicted octanol–water partition coefficient (Wildman–Crippen LogP) is 0.650. The lowest BCUT2D eigenvalue weighted by Gasteiger charge is -2.10. The molecule has 3 aromatic rings. The van der Waals surface area contributed by atoms with Gasteiger partial charge in [-0.1, -0.05) is 12.1 Å². The summed E-state index contributed by atoms with van der Waals surface area (Å²) in [6.45, 7) is -1.01. The number of carbonyl (C=O) groups excluding carboxylic acids is 3. The van der Waals surface area contributed by atoms with Gasteiger partial charge in [0.05, 0.1) is 25.1 Å². The topological polar surface area (TPSA) is 160 Å². The number of H-pyrrole nitrogens is 1. The molecule has 0 saturated carbocycles. The SMILES string of the molecule is COC(=O)c1sc(N)c(C(=O)OC)c1COC(=O)Cn1c(=O)[nH]c(=O)c2ccccc21. The van der Waals surface area contributed by atoms with E-state index in [1.54, 1.807) is 12.1 Å². The van der Waals surface area contributed by atoms with Crippen molar-refractivity contribution in [3.05, 3.63) is 61.1 Å². The molecule has 2 aromatic heterocycles. The Bertz CT molecular complexity index is 1300. The Morgan fingerprint density at radius 3 is 2.45 bits per heavy atom. The van der Waals surface area contributed by atoms with Crippen LogP contribution in [-0.2, 0) is 32.2 Å². The second kappa shape index (κ2) is 8.83. The van der Waals surface area contributed by atoms with Crippen molar-refractivity contribution < 1.29 is 28.6 Å². The summed E-state index contributed by atoms with van der Waals surface area (Å²) in [5.74, 6) is -2.42. The quantitative estimate of drug-likeness (QED) is 0.408. The highest BCUT2D eigenvalue weighted by Crippen LogP contribution is 2.33. The molecule has 0 aliphatic rings. The number of aromatic nitrogens is 2. The molecule has 0 saturated heterocycles. The predicted molar refractivity (Wildman–Crippen MR) is 110 cm³/mol. The lowest BCUT2D eigenvalue weighted by molar-refractivity contribution is -0.145. The minimum absolute atomic E-state index is 0.00106. The van der Waals surface area contributed by atoms with Gasteiger partial charge in [0.15, 0.2) is 0 Å². The number of fused-ring (bicyclic) bond motifs is 1. The van der Waals surface area contributed by atoms with Crippen molar-refractivity contribution in [3.8, 4) is 0 Å². The van der Waals surface area contributed by atoms with Gasteiger partial charge in [-0.3, -0.25) is 19.1 Å². The van der Waals surface area contributed by atoms with Crippen LogP contribution in [0.3, 0.4) is 0 Å². The van der Waals surface area contributed by atoms with Gasteiger partial charge in [0.1, 0.15) is 28.6 Å². The number of ether oxygens (including phenoxy) is 3. The molecule has 0 atom stereocenters. The average molecular weight is 447 g/mol. The molecule has 0 unspecified atom stereocenters. The number of para-hydroxylation sites is 1. The molecule has 11 nitrogen and oxygen atoms in total. The van der Waals surface area contributed by atoms with Crippen molar-refractivity contribution in [1.82, 2.24) is 9.55 Å². The maximum Gasteiger partial charge on any atom is 0.348 e. The summed E-state index contributed by atoms with van der Waals surface area (Å²) < 4.78 is 15.6. The third kappa shape index (κ3) is 4.19. The Morgan fingerprint density at radius 2 is 1.77 bits per heavy atom. The lowest BCUT2D eigenvalue weighted by Crippen LogP contribution is -2.32. The van der Waals surface area contributed by atoms with Crippen LogP contribution in [0.1, 0.15) is 25.6 Å². The summed E-state index contributed by atoms with van der Waals surface area (Å²) in [4.78, 5) is 62.8. The van der Waals surface area contributed by atoms with E-state index in [0.717, 1.165) is 30.1 Å². The van der Waals surface area contributed by atoms with Gasteiger partial charge in [0, 0.05) is 5.56 Å². The number of nitrogens with two attached hydrogens (primary N) is 1. The molecule has 0 aliphatic carbocycles. The molecule has 1 aromatic carbocycles. The Kier molecular flexibility index (Phi) is 6.20. The number of aromatic amines is 1. The fraction of sp³-hybridized carbons (Fsp3) is 0.211. The summed E-state index contributed by atoms with van der Waals surface area (Å²) in [6.07, 6.45) is 0. The Hall–Kier alpha value is -3.93. The van der Waals surface area contributed by atoms with Crippen molar-refractivity contribution in [3.63, 3.8) is 0 Å². The minimum Gasteiger partial charge on any atom is -0.465 e. The molecule has 0 bridgehead atoms. The molecule has 162 valence electrons. The molecular formula is C19H17N3O8S. The number of anilines is 1. The van der Waals surface area contributed by atoms with Crippen LogP contribution in [0.15, 0.2) is 33.9 Å². The van der Waals surface area contributed by atoms with Crippen molar-refractivity contribution in [2.75, 3.05) is 20.0 Å². The fourth-order valence-electron chi connectivity index (χ4n) is 2.93. The number of nitrogens with zero attached hydrogens (tertiary/aromatic N) is 1. The van der Waals surface area contributed by atoms with Gasteiger partial charge >= 0.3 is 23.6 Å². The fourth-order valence-corrected chi connectivity index (χ4v) is 3.91. The van der Waals surface area contributed by atoms with Crippen LogP contribution >= 0.6 is 11.3 Å². The van der Waals surface area contributed by atoms with Gasteiger partial charge in [-0.15, -0.1) is 11.3 Å². The Labute approximate surface area is 178 Å². The molecular weight excluding hydrogens is 430 g/mol. The van der Waals surface area contributed by atoms with Gasteiger partial charge in [-0.25, -0.2) is 14.4 Å². The van der Waals surface area contributed by atoms with Gasteiger partial charge in [0.2, 0.25) is 0 Å². The highest BCUT2D eigenvalue weighted by Gasteiger charge is 2.28. The molecule has 31 heavy (non-hydrogen) atoms. The maximum absolute atomic E-state index is 12.4. The van der Waals surface area contributed by atoms with Gasteiger partial charge in [-0.2, -0.15) is 0 Å². The number of methoxy groups -OCH3 is 2. The molecule has 12 heteroatoms. The van der Waals surface area contributed by atoms with E-state index in [2.05, 4.69) is 14.5 Å². The maximum atomic E-state index is 12.4. The van der Waals surface area contributed by atoms with Crippen molar-refractivity contribution >= 4 is 45.1 Å². The third-order valence-electron chi connectivity index (χ3n) is 4.36. The second-order valence-corrected chi connectivity index (χ2v) is 7.21. The van der Waals surface area contributed by atoms with E-state index in [9.17, 15) is 24.0 Å². The van der Waals surface area contributed by atoms with Crippen LogP contribution in [0.2, 0.25) is 0 Å². The smallest absolute Gasteiger partial charge is 0.348 e. The first kappa shape index (κ1) is 21.8. The van der Waals surface area contributed by atoms with E-state index in [4.69, 9.17) is 10.5 Å². The number of nitrogens with one attached hydrogen (secondary N) is 1. The van der Waals surface area contributed by atoms with Crippen LogP contribution in [0.25, 0.3) is 10.9 Å². The number of thiophene rings is 1. The highest BCUT2D eigenvalue weighted by molar-refractivity contribution is 7.18. The molecule has 0 amide bonds. The van der Waals surface area contributed by atoms with E-state index >= 15 is 0 Å². The second-order valence-electron chi connectivity index (χ2n) is 6.16. The van der Waals surface area contributed by atoms with Crippen LogP contribution in [-0.4, -0.2) is 41.7 Å². The number of rotatable bonds is 6. The molecule has 0 spiro atoms. The molecule has 0 radical (unpaired) electrons. The van der Waals surface area contributed by atoms with Gasteiger partial charge in [-0.05, 0) is 12.1 Å². The highest BCUT2D eigenvalue weighted by atomic mass is 32.1. The number of benzene rings is 1. The van der Waals surface area contributed by atoms with E-state index < -0.39 is 42.3 Å². The van der Waals surface area contributed by atoms with Gasteiger partial charge in [0.25, 0.3) is 5.56 Å². The number of esters is 3. The zero-order valence-electron chi connectivity index (χ0n) is 16.4. The van der Waals surface area contributed by atoms with E-state index in [1.807, 2.05) is 0 Å². The van der Waals surface area contributed by atoms with Crippen LogP contribution in [0, 0.1) is 0 Å². The summed E-state index contributed by atoms with van der Waals surface area (Å²) in [7, 11) is 2.29. The first-order chi connectivity index (χ1) is 14.8. The first-order valence-corrected chi connectivity index (χ1v) is 9.55. The van der Waals surface area contributed by atoms with Crippen LogP contribution in [0.4, 0.5) is 5.00 Å². The van der Waals surface area contributed by atoms with Crippen molar-refractivity contribution in [1.29, 1.82) is 0 Å². The van der Waals surface area contributed by atoms with Crippen LogP contribution in [0.5, 0.6) is 0 Å². The zero-order valence-corrected chi connectivity index (χ0v) is 17.2. The molecule has 3 N–H and O–H groups in total. The average Bonchev–Trinajstić information content (AvgIpc) is 3.10. The Morgan fingerprint density at radius 1 is 1.10 bits per heavy atom. The molecule has 2 heterocycles. The standard InChI is InChI=1S/C19H17N3O8S/c1-28-17(25)13-10(14(18(26)29-2)31-15(13)20)8-30-12(23)7-22-11-6-4-3-5-9(11)16(24)21-19(22)27/h3-6H,7-8,20H2,1-2H3,(H,21,24,27). The number of nitrogen functional groups attached to an aromatic ring is 1. The first-order valence-electron chi connectivity index (χ1n) is 8.73. The van der Waals surface area contributed by atoms with E-state index in [-0.39, 0.29) is 31.9 Å². The third-order valence-corrected chi connectivity index (χ3v) is 5.41. The normalized spacial score (nSPS) is 10.6. The molecule has 0 aliphatic heterocycles. The monoisotopic (exact) mass is 447 g/mol. The summed E-state index contributed by atoms with van der Waals surface area (Å²) in [5.41, 5.74) is 4.64. The number of carbonyl (C=O) groups is 3. The molecule has 0 fully saturated rings. The Balaban J connectivity index is 1.90. The lowest BCUT2D eigenvalue weighted by atomic mass is 10.1. The summed E-state index contributed by atoms with van der Waals surface area (Å²) >= 11 is 0.795. The summed E-state index contributed by atoms with van der Waals surface area (Å²) in [5, 5.41) is 0.225. The number of hydrogen-bond acceptors (Lipinski definition) is 10. The van der Waals surface area contributed by atoms with Crippen LogP contribution < -0.4 is 17.0 Å².